The second-order valence-electron chi connectivity index (χ2n) is 9.13. The Morgan fingerprint density at radius 1 is 1.27 bits per heavy atom. The maximum Gasteiger partial charge on any atom is 0.226 e. The number of halogens is 1. The fourth-order valence-electron chi connectivity index (χ4n) is 5.41. The van der Waals surface area contributed by atoms with E-state index < -0.39 is 0 Å². The number of rotatable bonds is 2. The smallest absolute Gasteiger partial charge is 0.226 e. The molecule has 7 nitrogen and oxygen atoms in total. The van der Waals surface area contributed by atoms with Gasteiger partial charge in [0.05, 0.1) is 25.3 Å². The van der Waals surface area contributed by atoms with E-state index in [2.05, 4.69) is 26.1 Å². The number of amides is 1. The molecule has 0 saturated carbocycles. The van der Waals surface area contributed by atoms with Gasteiger partial charge in [0.15, 0.2) is 5.82 Å². The van der Waals surface area contributed by atoms with Crippen molar-refractivity contribution in [2.45, 2.75) is 45.4 Å². The van der Waals surface area contributed by atoms with E-state index in [0.29, 0.717) is 26.2 Å². The zero-order valence-electron chi connectivity index (χ0n) is 18.7. The molecule has 3 aliphatic rings. The summed E-state index contributed by atoms with van der Waals surface area (Å²) < 4.78 is 7.81. The first-order chi connectivity index (χ1) is 16.0. The van der Waals surface area contributed by atoms with E-state index in [-0.39, 0.29) is 24.0 Å². The molecule has 0 bridgehead atoms. The van der Waals surface area contributed by atoms with Crippen molar-refractivity contribution in [3.63, 3.8) is 0 Å². The van der Waals surface area contributed by atoms with Crippen LogP contribution in [0.1, 0.15) is 46.2 Å². The van der Waals surface area contributed by atoms with Gasteiger partial charge in [-0.05, 0) is 43.9 Å². The van der Waals surface area contributed by atoms with E-state index in [0.717, 1.165) is 40.1 Å². The largest absolute Gasteiger partial charge is 0.375 e. The third-order valence-electron chi connectivity index (χ3n) is 6.96. The van der Waals surface area contributed by atoms with E-state index in [1.54, 1.807) is 11.3 Å². The van der Waals surface area contributed by atoms with Crippen LogP contribution in [-0.4, -0.2) is 51.4 Å². The Morgan fingerprint density at radius 2 is 2.12 bits per heavy atom. The van der Waals surface area contributed by atoms with E-state index in [9.17, 15) is 4.79 Å². The number of benzene rings is 1. The van der Waals surface area contributed by atoms with Crippen LogP contribution in [0.4, 0.5) is 0 Å². The van der Waals surface area contributed by atoms with Gasteiger partial charge < -0.3 is 9.64 Å². The Kier molecular flexibility index (Phi) is 5.29. The van der Waals surface area contributed by atoms with Crippen molar-refractivity contribution in [2.75, 3.05) is 19.7 Å². The number of aromatic nitrogens is 3. The molecule has 1 amide bonds. The molecule has 9 heteroatoms. The van der Waals surface area contributed by atoms with Crippen molar-refractivity contribution >= 4 is 28.8 Å². The Labute approximate surface area is 201 Å². The van der Waals surface area contributed by atoms with Crippen LogP contribution in [-0.2, 0) is 28.9 Å². The Morgan fingerprint density at radius 3 is 2.94 bits per heavy atom. The van der Waals surface area contributed by atoms with Gasteiger partial charge in [-0.3, -0.25) is 14.7 Å². The zero-order chi connectivity index (χ0) is 22.7. The van der Waals surface area contributed by atoms with Gasteiger partial charge in [0.1, 0.15) is 10.8 Å². The summed E-state index contributed by atoms with van der Waals surface area (Å²) >= 11 is 8.44. The Balaban J connectivity index is 1.41. The first-order valence-corrected chi connectivity index (χ1v) is 12.6. The molecule has 172 valence electrons. The van der Waals surface area contributed by atoms with Crippen molar-refractivity contribution < 1.29 is 9.53 Å². The van der Waals surface area contributed by atoms with E-state index >= 15 is 0 Å². The van der Waals surface area contributed by atoms with Crippen molar-refractivity contribution in [3.8, 4) is 5.00 Å². The minimum Gasteiger partial charge on any atom is -0.375 e. The lowest BCUT2D eigenvalue weighted by Crippen LogP contribution is -2.47. The lowest BCUT2D eigenvalue weighted by atomic mass is 9.94. The molecule has 33 heavy (non-hydrogen) atoms. The molecule has 2 aromatic heterocycles. The second kappa shape index (κ2) is 8.20. The molecule has 2 aliphatic heterocycles. The minimum absolute atomic E-state index is 0.0153. The fourth-order valence-corrected chi connectivity index (χ4v) is 7.17. The first kappa shape index (κ1) is 21.3. The molecule has 0 radical (unpaired) electrons. The quantitative estimate of drug-likeness (QED) is 0.604. The number of hydrogen-bond donors (Lipinski definition) is 1. The average Bonchev–Trinajstić information content (AvgIpc) is 3.44. The van der Waals surface area contributed by atoms with Gasteiger partial charge in [-0.2, -0.15) is 0 Å². The fraction of sp³-hybridized carbons (Fsp3) is 0.458. The third-order valence-corrected chi connectivity index (χ3v) is 8.56. The number of nitrogens with one attached hydrogen (secondary N) is 1. The third kappa shape index (κ3) is 3.51. The molecular formula is C24H26ClN5O2S. The van der Waals surface area contributed by atoms with Crippen LogP contribution in [0.25, 0.3) is 5.00 Å². The van der Waals surface area contributed by atoms with Gasteiger partial charge in [0.2, 0.25) is 5.91 Å². The number of nitrogens with zero attached hydrogens (tertiary/aromatic N) is 4. The van der Waals surface area contributed by atoms with Crippen LogP contribution in [0, 0.1) is 12.8 Å². The van der Waals surface area contributed by atoms with Gasteiger partial charge in [0.25, 0.3) is 0 Å². The predicted molar refractivity (Wildman–Crippen MR) is 127 cm³/mol. The molecule has 4 heterocycles. The van der Waals surface area contributed by atoms with E-state index in [1.165, 1.54) is 16.0 Å². The summed E-state index contributed by atoms with van der Waals surface area (Å²) in [6.07, 6.45) is 1.63. The predicted octanol–water partition coefficient (Wildman–Crippen LogP) is 3.45. The van der Waals surface area contributed by atoms with E-state index in [4.69, 9.17) is 16.3 Å². The molecule has 0 spiro atoms. The molecule has 1 N–H and O–H groups in total. The highest BCUT2D eigenvalue weighted by Crippen LogP contribution is 2.47. The average molecular weight is 484 g/mol. The van der Waals surface area contributed by atoms with Crippen LogP contribution in [0.3, 0.4) is 0 Å². The number of carbonyl (C=O) groups excluding carboxylic acids is 1. The zero-order valence-corrected chi connectivity index (χ0v) is 20.2. The van der Waals surface area contributed by atoms with Gasteiger partial charge in [-0.1, -0.05) is 29.8 Å². The number of ether oxygens (including phenoxy) is 1. The maximum atomic E-state index is 13.4. The van der Waals surface area contributed by atoms with Gasteiger partial charge >= 0.3 is 0 Å². The van der Waals surface area contributed by atoms with Gasteiger partial charge in [-0.25, -0.2) is 0 Å². The summed E-state index contributed by atoms with van der Waals surface area (Å²) in [7, 11) is 0. The molecule has 0 unspecified atom stereocenters. The summed E-state index contributed by atoms with van der Waals surface area (Å²) in [4.78, 5) is 16.7. The topological polar surface area (TPSA) is 72.3 Å². The number of aryl methyl sites for hydroxylation is 1. The number of carbonyl (C=O) groups is 1. The summed E-state index contributed by atoms with van der Waals surface area (Å²) in [5.74, 6) is 2.01. The highest BCUT2D eigenvalue weighted by Gasteiger charge is 2.40. The molecule has 1 aliphatic carbocycles. The SMILES string of the molecule is Cc1nnc2n1-c1sc3c(c1[C@H](c1ccccc1Cl)NC2)C[C@H](C(=O)N1CCO[C@@H](C)C1)C3. The summed E-state index contributed by atoms with van der Waals surface area (Å²) in [5.41, 5.74) is 3.55. The number of thiophene rings is 1. The van der Waals surface area contributed by atoms with Gasteiger partial charge in [0, 0.05) is 34.5 Å². The lowest BCUT2D eigenvalue weighted by Gasteiger charge is -2.33. The van der Waals surface area contributed by atoms with Crippen molar-refractivity contribution in [1.29, 1.82) is 0 Å². The van der Waals surface area contributed by atoms with Crippen molar-refractivity contribution in [2.24, 2.45) is 5.92 Å². The minimum atomic E-state index is -0.0629. The first-order valence-electron chi connectivity index (χ1n) is 11.4. The normalized spacial score (nSPS) is 24.2. The molecule has 3 aromatic rings. The van der Waals surface area contributed by atoms with Crippen molar-refractivity contribution in [3.05, 3.63) is 62.5 Å². The Bertz CT molecular complexity index is 1240. The number of hydrogen-bond acceptors (Lipinski definition) is 6. The number of morpholine rings is 1. The second-order valence-corrected chi connectivity index (χ2v) is 10.6. The summed E-state index contributed by atoms with van der Waals surface area (Å²) in [6.45, 7) is 6.59. The van der Waals surface area contributed by atoms with Gasteiger partial charge in [-0.15, -0.1) is 21.5 Å². The monoisotopic (exact) mass is 483 g/mol. The van der Waals surface area contributed by atoms with Crippen LogP contribution < -0.4 is 5.32 Å². The van der Waals surface area contributed by atoms with Crippen LogP contribution in [0.2, 0.25) is 5.02 Å². The highest BCUT2D eigenvalue weighted by molar-refractivity contribution is 7.15. The van der Waals surface area contributed by atoms with E-state index in [1.807, 2.05) is 36.9 Å². The molecular weight excluding hydrogens is 458 g/mol. The van der Waals surface area contributed by atoms with Crippen LogP contribution in [0.5, 0.6) is 0 Å². The Hall–Kier alpha value is -2.26. The van der Waals surface area contributed by atoms with Crippen LogP contribution in [0.15, 0.2) is 24.3 Å². The molecule has 1 saturated heterocycles. The molecule has 1 aromatic carbocycles. The molecule has 3 atom stereocenters. The molecule has 1 fully saturated rings. The lowest BCUT2D eigenvalue weighted by molar-refractivity contribution is -0.142. The summed E-state index contributed by atoms with van der Waals surface area (Å²) in [5, 5.41) is 14.3. The number of fused-ring (bicyclic) bond motifs is 5. The maximum absolute atomic E-state index is 13.4. The highest BCUT2D eigenvalue weighted by atomic mass is 35.5. The standard InChI is InChI=1S/C24H26ClN5O2S/c1-13-12-29(7-8-32-13)23(31)15-9-17-19(10-15)33-24-21(17)22(16-5-3-4-6-18(16)25)26-11-20-28-27-14(2)30(20)24/h3-6,13,15,22,26H,7-12H2,1-2H3/t13-,15-,22-/m0/s1. The van der Waals surface area contributed by atoms with Crippen molar-refractivity contribution in [1.82, 2.24) is 25.0 Å². The molecule has 6 rings (SSSR count). The summed E-state index contributed by atoms with van der Waals surface area (Å²) in [6, 6.07) is 7.94. The van der Waals surface area contributed by atoms with Crippen LogP contribution >= 0.6 is 22.9 Å².